The van der Waals surface area contributed by atoms with Crippen LogP contribution in [0.3, 0.4) is 0 Å². The standard InChI is InChI=1S/C16H27N3O2/c1-10(2)13-5-4-11(3)6-15(13)21-16(20)14(17)7-12-8-18-9-19-12/h8-11,13-15H,4-7,17H2,1-3H3,(H,18,19)/t11?,13?,14-,15?/m1/s1. The van der Waals surface area contributed by atoms with Gasteiger partial charge >= 0.3 is 5.97 Å². The van der Waals surface area contributed by atoms with E-state index in [0.29, 0.717) is 24.2 Å². The number of carbonyl (C=O) groups excluding carboxylic acids is 1. The molecule has 0 bridgehead atoms. The Morgan fingerprint density at radius 3 is 2.90 bits per heavy atom. The van der Waals surface area contributed by atoms with Crippen molar-refractivity contribution in [1.29, 1.82) is 0 Å². The van der Waals surface area contributed by atoms with E-state index in [1.165, 1.54) is 6.42 Å². The largest absolute Gasteiger partial charge is 0.461 e. The first-order valence-electron chi connectivity index (χ1n) is 7.90. The molecule has 21 heavy (non-hydrogen) atoms. The summed E-state index contributed by atoms with van der Waals surface area (Å²) < 4.78 is 5.75. The highest BCUT2D eigenvalue weighted by Crippen LogP contribution is 2.35. The number of ether oxygens (including phenoxy) is 1. The predicted molar refractivity (Wildman–Crippen MR) is 81.5 cm³/mol. The lowest BCUT2D eigenvalue weighted by atomic mass is 9.75. The number of nitrogens with zero attached hydrogens (tertiary/aromatic N) is 1. The van der Waals surface area contributed by atoms with Crippen molar-refractivity contribution in [3.05, 3.63) is 18.2 Å². The number of nitrogens with one attached hydrogen (secondary N) is 1. The minimum atomic E-state index is -0.629. The number of hydrogen-bond acceptors (Lipinski definition) is 4. The van der Waals surface area contributed by atoms with Gasteiger partial charge in [-0.25, -0.2) is 4.98 Å². The number of esters is 1. The highest BCUT2D eigenvalue weighted by atomic mass is 16.5. The fraction of sp³-hybridized carbons (Fsp3) is 0.750. The van der Waals surface area contributed by atoms with Crippen LogP contribution in [0.15, 0.2) is 12.5 Å². The molecule has 1 aromatic rings. The lowest BCUT2D eigenvalue weighted by Gasteiger charge is -2.37. The average molecular weight is 293 g/mol. The van der Waals surface area contributed by atoms with Gasteiger partial charge < -0.3 is 15.5 Å². The van der Waals surface area contributed by atoms with E-state index in [-0.39, 0.29) is 12.1 Å². The van der Waals surface area contributed by atoms with Gasteiger partial charge in [-0.15, -0.1) is 0 Å². The van der Waals surface area contributed by atoms with Gasteiger partial charge in [0.2, 0.25) is 0 Å². The van der Waals surface area contributed by atoms with Crippen molar-refractivity contribution >= 4 is 5.97 Å². The summed E-state index contributed by atoms with van der Waals surface area (Å²) in [5.74, 6) is 1.29. The van der Waals surface area contributed by atoms with Gasteiger partial charge in [-0.1, -0.05) is 27.2 Å². The average Bonchev–Trinajstić information content (AvgIpc) is 2.91. The van der Waals surface area contributed by atoms with Crippen LogP contribution in [0.2, 0.25) is 0 Å². The van der Waals surface area contributed by atoms with Crippen LogP contribution >= 0.6 is 0 Å². The van der Waals surface area contributed by atoms with E-state index in [1.807, 2.05) is 0 Å². The molecule has 1 heterocycles. The van der Waals surface area contributed by atoms with Gasteiger partial charge in [-0.2, -0.15) is 0 Å². The van der Waals surface area contributed by atoms with Crippen LogP contribution in [0.1, 0.15) is 45.7 Å². The maximum Gasteiger partial charge on any atom is 0.323 e. The summed E-state index contributed by atoms with van der Waals surface area (Å²) in [7, 11) is 0. The van der Waals surface area contributed by atoms with Crippen molar-refractivity contribution in [2.45, 2.75) is 58.6 Å². The second-order valence-electron chi connectivity index (χ2n) is 6.69. The Balaban J connectivity index is 1.92. The molecule has 1 fully saturated rings. The van der Waals surface area contributed by atoms with Gasteiger partial charge in [0.05, 0.1) is 6.33 Å². The van der Waals surface area contributed by atoms with Gasteiger partial charge in [-0.3, -0.25) is 4.79 Å². The molecule has 5 nitrogen and oxygen atoms in total. The second-order valence-corrected chi connectivity index (χ2v) is 6.69. The second kappa shape index (κ2) is 7.07. The third kappa shape index (κ3) is 4.30. The fourth-order valence-corrected chi connectivity index (χ4v) is 3.20. The first-order chi connectivity index (χ1) is 9.97. The Labute approximate surface area is 126 Å². The van der Waals surface area contributed by atoms with Gasteiger partial charge in [-0.05, 0) is 30.6 Å². The molecule has 2 rings (SSSR count). The predicted octanol–water partition coefficient (Wildman–Crippen LogP) is 2.28. The monoisotopic (exact) mass is 293 g/mol. The number of aromatic amines is 1. The van der Waals surface area contributed by atoms with Crippen LogP contribution in [0.25, 0.3) is 0 Å². The molecule has 118 valence electrons. The summed E-state index contributed by atoms with van der Waals surface area (Å²) in [5, 5.41) is 0. The molecule has 0 aromatic carbocycles. The SMILES string of the molecule is CC1CCC(C(C)C)C(OC(=O)[C@H](N)Cc2cnc[nH]2)C1. The summed E-state index contributed by atoms with van der Waals surface area (Å²) in [4.78, 5) is 19.1. The van der Waals surface area contributed by atoms with Crippen LogP contribution in [0.4, 0.5) is 0 Å². The van der Waals surface area contributed by atoms with Crippen molar-refractivity contribution in [2.75, 3.05) is 0 Å². The first-order valence-corrected chi connectivity index (χ1v) is 7.90. The molecule has 0 saturated heterocycles. The molecule has 0 aliphatic heterocycles. The number of nitrogens with two attached hydrogens (primary N) is 1. The van der Waals surface area contributed by atoms with E-state index in [4.69, 9.17) is 10.5 Å². The van der Waals surface area contributed by atoms with Crippen LogP contribution in [-0.2, 0) is 16.0 Å². The van der Waals surface area contributed by atoms with E-state index in [0.717, 1.165) is 18.5 Å². The zero-order valence-corrected chi connectivity index (χ0v) is 13.2. The summed E-state index contributed by atoms with van der Waals surface area (Å²) >= 11 is 0. The minimum Gasteiger partial charge on any atom is -0.461 e. The van der Waals surface area contributed by atoms with Crippen LogP contribution in [-0.4, -0.2) is 28.1 Å². The molecule has 1 aliphatic carbocycles. The molecule has 3 N–H and O–H groups in total. The first kappa shape index (κ1) is 16.0. The normalized spacial score (nSPS) is 27.6. The van der Waals surface area contributed by atoms with E-state index >= 15 is 0 Å². The molecular formula is C16H27N3O2. The number of imidazole rings is 1. The van der Waals surface area contributed by atoms with Crippen LogP contribution in [0.5, 0.6) is 0 Å². The Kier molecular flexibility index (Phi) is 5.39. The van der Waals surface area contributed by atoms with Crippen molar-refractivity contribution < 1.29 is 9.53 Å². The number of H-pyrrole nitrogens is 1. The molecule has 0 spiro atoms. The number of hydrogen-bond donors (Lipinski definition) is 2. The number of aromatic nitrogens is 2. The topological polar surface area (TPSA) is 81.0 Å². The van der Waals surface area contributed by atoms with Gasteiger partial charge in [0, 0.05) is 18.3 Å². The van der Waals surface area contributed by atoms with Crippen LogP contribution < -0.4 is 5.73 Å². The maximum atomic E-state index is 12.2. The molecule has 0 radical (unpaired) electrons. The quantitative estimate of drug-likeness (QED) is 0.816. The Hall–Kier alpha value is -1.36. The number of carbonyl (C=O) groups is 1. The molecule has 4 atom stereocenters. The van der Waals surface area contributed by atoms with Crippen LogP contribution in [0, 0.1) is 17.8 Å². The molecular weight excluding hydrogens is 266 g/mol. The molecule has 1 aromatic heterocycles. The van der Waals surface area contributed by atoms with E-state index < -0.39 is 6.04 Å². The number of rotatable bonds is 5. The molecule has 1 saturated carbocycles. The maximum absolute atomic E-state index is 12.2. The molecule has 1 aliphatic rings. The highest BCUT2D eigenvalue weighted by Gasteiger charge is 2.34. The third-order valence-corrected chi connectivity index (χ3v) is 4.53. The van der Waals surface area contributed by atoms with Crippen molar-refractivity contribution in [3.8, 4) is 0 Å². The summed E-state index contributed by atoms with van der Waals surface area (Å²) in [6.45, 7) is 6.62. The lowest BCUT2D eigenvalue weighted by molar-refractivity contribution is -0.157. The van der Waals surface area contributed by atoms with Gasteiger partial charge in [0.25, 0.3) is 0 Å². The Morgan fingerprint density at radius 1 is 1.52 bits per heavy atom. The summed E-state index contributed by atoms with van der Waals surface area (Å²) in [6, 6.07) is -0.629. The highest BCUT2D eigenvalue weighted by molar-refractivity contribution is 5.76. The van der Waals surface area contributed by atoms with E-state index in [1.54, 1.807) is 12.5 Å². The minimum absolute atomic E-state index is 0.00840. The Bertz CT molecular complexity index is 444. The molecule has 3 unspecified atom stereocenters. The Morgan fingerprint density at radius 2 is 2.29 bits per heavy atom. The van der Waals surface area contributed by atoms with E-state index in [2.05, 4.69) is 30.7 Å². The third-order valence-electron chi connectivity index (χ3n) is 4.53. The fourth-order valence-electron chi connectivity index (χ4n) is 3.20. The van der Waals surface area contributed by atoms with Crippen molar-refractivity contribution in [3.63, 3.8) is 0 Å². The zero-order valence-electron chi connectivity index (χ0n) is 13.2. The zero-order chi connectivity index (χ0) is 15.4. The van der Waals surface area contributed by atoms with Gasteiger partial charge in [0.1, 0.15) is 12.1 Å². The van der Waals surface area contributed by atoms with Gasteiger partial charge in [0.15, 0.2) is 0 Å². The van der Waals surface area contributed by atoms with Crippen molar-refractivity contribution in [1.82, 2.24) is 9.97 Å². The smallest absolute Gasteiger partial charge is 0.323 e. The van der Waals surface area contributed by atoms with Crippen molar-refractivity contribution in [2.24, 2.45) is 23.5 Å². The molecule has 0 amide bonds. The summed E-state index contributed by atoms with van der Waals surface area (Å²) in [6.07, 6.45) is 7.02. The van der Waals surface area contributed by atoms with E-state index in [9.17, 15) is 4.79 Å². The molecule has 5 heteroatoms. The summed E-state index contributed by atoms with van der Waals surface area (Å²) in [5.41, 5.74) is 6.82. The lowest BCUT2D eigenvalue weighted by Crippen LogP contribution is -2.41.